The number of carbonyl (C=O) groups excluding carboxylic acids is 7. The van der Waals surface area contributed by atoms with Crippen molar-refractivity contribution in [3.63, 3.8) is 0 Å². The van der Waals surface area contributed by atoms with Crippen LogP contribution in [0.25, 0.3) is 0 Å². The number of nitrogens with two attached hydrogens (primary N) is 4. The normalized spacial score (nSPS) is 14.7. The molecule has 0 spiro atoms. The van der Waals surface area contributed by atoms with Gasteiger partial charge in [0.1, 0.15) is 36.3 Å². The van der Waals surface area contributed by atoms with E-state index in [0.29, 0.717) is 0 Å². The molecule has 0 saturated carbocycles. The van der Waals surface area contributed by atoms with Crippen LogP contribution in [-0.4, -0.2) is 157 Å². The van der Waals surface area contributed by atoms with E-state index in [1.165, 1.54) is 0 Å². The van der Waals surface area contributed by atoms with Crippen molar-refractivity contribution in [2.24, 2.45) is 27.9 Å². The number of aliphatic hydroxyl groups is 1. The quantitative estimate of drug-likeness (QED) is 0.0138. The van der Waals surface area contributed by atoms with Crippen LogP contribution in [0.15, 0.2) is 4.99 Å². The zero-order valence-electron chi connectivity index (χ0n) is 32.3. The SMILES string of the molecule is C[C@@H](O)[C@H](NC(=O)[C@H](CCC(=O)O)NC(=O)[C@@H](N)CC(=O)O)C(=O)N[C@@H](CS)C(=O)N[C@@H](CCC(=O)O)C(=O)N[C@@H](CCC(N)=O)C(=O)N[C@@H](CCCN=C(N)N)C(=O)O. The first-order valence-electron chi connectivity index (χ1n) is 18.0. The Labute approximate surface area is 347 Å². The number of aliphatic carboxylic acids is 4. The lowest BCUT2D eigenvalue weighted by atomic mass is 10.1. The number of amides is 7. The summed E-state index contributed by atoms with van der Waals surface area (Å²) in [6.07, 6.45) is -6.23. The largest absolute Gasteiger partial charge is 0.481 e. The van der Waals surface area contributed by atoms with Gasteiger partial charge >= 0.3 is 23.9 Å². The Morgan fingerprint density at radius 1 is 0.567 bits per heavy atom. The molecule has 0 aliphatic rings. The fourth-order valence-corrected chi connectivity index (χ4v) is 5.14. The van der Waals surface area contributed by atoms with Crippen molar-refractivity contribution in [3.8, 4) is 0 Å². The van der Waals surface area contributed by atoms with Gasteiger partial charge in [0.15, 0.2) is 5.96 Å². The van der Waals surface area contributed by atoms with Gasteiger partial charge in [0, 0.05) is 31.6 Å². The third-order valence-corrected chi connectivity index (χ3v) is 8.41. The highest BCUT2D eigenvalue weighted by molar-refractivity contribution is 7.80. The van der Waals surface area contributed by atoms with Gasteiger partial charge in [-0.05, 0) is 39.0 Å². The van der Waals surface area contributed by atoms with Crippen LogP contribution in [0.3, 0.4) is 0 Å². The summed E-state index contributed by atoms with van der Waals surface area (Å²) in [5, 5.41) is 60.3. The number of carboxylic acid groups (broad SMARTS) is 4. The first-order chi connectivity index (χ1) is 27.9. The van der Waals surface area contributed by atoms with Gasteiger partial charge in [-0.15, -0.1) is 0 Å². The van der Waals surface area contributed by atoms with Crippen LogP contribution >= 0.6 is 12.6 Å². The molecular weight excluding hydrogens is 826 g/mol. The fraction of sp³-hybridized carbons (Fsp3) is 0.625. The minimum absolute atomic E-state index is 0.0126. The molecule has 0 aliphatic heterocycles. The number of primary amides is 1. The zero-order valence-corrected chi connectivity index (χ0v) is 33.2. The second kappa shape index (κ2) is 27.4. The van der Waals surface area contributed by atoms with Crippen molar-refractivity contribution in [1.82, 2.24) is 31.9 Å². The molecule has 0 aliphatic carbocycles. The highest BCUT2D eigenvalue weighted by Gasteiger charge is 2.35. The molecule has 0 fully saturated rings. The molecule has 28 heteroatoms. The highest BCUT2D eigenvalue weighted by Crippen LogP contribution is 2.08. The molecule has 0 radical (unpaired) electrons. The molecule has 8 atom stereocenters. The molecule has 0 aromatic carbocycles. The lowest BCUT2D eigenvalue weighted by Crippen LogP contribution is -2.62. The van der Waals surface area contributed by atoms with Gasteiger partial charge < -0.3 is 80.4 Å². The summed E-state index contributed by atoms with van der Waals surface area (Å²) >= 11 is 4.02. The summed E-state index contributed by atoms with van der Waals surface area (Å²) in [5.41, 5.74) is 21.2. The van der Waals surface area contributed by atoms with Gasteiger partial charge in [-0.2, -0.15) is 12.6 Å². The number of carbonyl (C=O) groups is 11. The third-order valence-electron chi connectivity index (χ3n) is 8.04. The Balaban J connectivity index is 6.22. The zero-order chi connectivity index (χ0) is 46.3. The Bertz CT molecular complexity index is 1610. The number of nitrogens with one attached hydrogen (secondary N) is 6. The molecule has 60 heavy (non-hydrogen) atoms. The standard InChI is InChI=1S/C32H53N11O16S/c1-13(44)24(43-28(55)17(6-9-22(48)49)38-25(52)14(33)11-23(50)51)30(57)42-19(12-60)29(56)40-16(5-8-21(46)47)26(53)39-15(4-7-20(34)45)27(54)41-18(31(58)59)3-2-10-37-32(35)36/h13-19,24,44,60H,2-12,33H2,1H3,(H2,34,45)(H,38,52)(H,39,53)(H,40,56)(H,41,54)(H,42,57)(H,43,55)(H,46,47)(H,48,49)(H,50,51)(H,58,59)(H4,35,36,37)/t13-,14+,15+,16+,17+,18+,19+,24+/m1/s1. The topological polar surface area (TPSA) is 478 Å². The number of hydrogen-bond donors (Lipinski definition) is 16. The number of guanidine groups is 1. The lowest BCUT2D eigenvalue weighted by molar-refractivity contribution is -0.143. The first-order valence-corrected chi connectivity index (χ1v) is 18.6. The van der Waals surface area contributed by atoms with Crippen molar-refractivity contribution in [1.29, 1.82) is 0 Å². The van der Waals surface area contributed by atoms with Gasteiger partial charge in [-0.1, -0.05) is 0 Å². The van der Waals surface area contributed by atoms with Crippen molar-refractivity contribution >= 4 is 83.8 Å². The van der Waals surface area contributed by atoms with E-state index in [2.05, 4.69) is 49.5 Å². The van der Waals surface area contributed by atoms with Crippen LogP contribution in [0.2, 0.25) is 0 Å². The second-order valence-corrected chi connectivity index (χ2v) is 13.4. The number of nitrogens with zero attached hydrogens (tertiary/aromatic N) is 1. The van der Waals surface area contributed by atoms with Crippen molar-refractivity contribution in [2.45, 2.75) is 113 Å². The van der Waals surface area contributed by atoms with Crippen molar-refractivity contribution < 1.29 is 78.3 Å². The average Bonchev–Trinajstić information content (AvgIpc) is 3.14. The molecule has 0 rings (SSSR count). The molecule has 27 nitrogen and oxygen atoms in total. The maximum absolute atomic E-state index is 13.5. The summed E-state index contributed by atoms with van der Waals surface area (Å²) < 4.78 is 0. The Morgan fingerprint density at radius 2 is 0.983 bits per heavy atom. The predicted molar refractivity (Wildman–Crippen MR) is 207 cm³/mol. The first kappa shape index (κ1) is 53.7. The lowest BCUT2D eigenvalue weighted by Gasteiger charge is -2.28. The van der Waals surface area contributed by atoms with Crippen molar-refractivity contribution in [2.75, 3.05) is 12.3 Å². The Kier molecular flexibility index (Phi) is 24.5. The van der Waals surface area contributed by atoms with Crippen molar-refractivity contribution in [3.05, 3.63) is 0 Å². The molecule has 19 N–H and O–H groups in total. The smallest absolute Gasteiger partial charge is 0.326 e. The Morgan fingerprint density at radius 3 is 1.38 bits per heavy atom. The maximum Gasteiger partial charge on any atom is 0.326 e. The molecular formula is C32H53N11O16S. The molecule has 0 heterocycles. The number of hydrogen-bond acceptors (Lipinski definition) is 15. The molecule has 0 aromatic rings. The maximum atomic E-state index is 13.5. The van der Waals surface area contributed by atoms with Gasteiger partial charge in [0.25, 0.3) is 0 Å². The summed E-state index contributed by atoms with van der Waals surface area (Å²) in [5.74, 6) is -14.5. The van der Waals surface area contributed by atoms with Gasteiger partial charge in [0.2, 0.25) is 41.4 Å². The predicted octanol–water partition coefficient (Wildman–Crippen LogP) is -6.86. The van der Waals surface area contributed by atoms with Crippen LogP contribution < -0.4 is 54.8 Å². The van der Waals surface area contributed by atoms with Crippen LogP contribution in [0.1, 0.15) is 64.7 Å². The number of aliphatic imine (C=N–C) groups is 1. The minimum Gasteiger partial charge on any atom is -0.481 e. The molecule has 0 bridgehead atoms. The van der Waals surface area contributed by atoms with Crippen LogP contribution in [-0.2, 0) is 52.7 Å². The molecule has 338 valence electrons. The third kappa shape index (κ3) is 22.0. The second-order valence-electron chi connectivity index (χ2n) is 13.1. The summed E-state index contributed by atoms with van der Waals surface area (Å²) in [4.78, 5) is 140. The summed E-state index contributed by atoms with van der Waals surface area (Å²) in [7, 11) is 0. The summed E-state index contributed by atoms with van der Waals surface area (Å²) in [6.45, 7) is 1.05. The monoisotopic (exact) mass is 879 g/mol. The average molecular weight is 880 g/mol. The van der Waals surface area contributed by atoms with Gasteiger partial charge in [-0.25, -0.2) is 4.79 Å². The number of aliphatic hydroxyl groups excluding tert-OH is 1. The van der Waals surface area contributed by atoms with Gasteiger partial charge in [0.05, 0.1) is 18.6 Å². The van der Waals surface area contributed by atoms with Crippen LogP contribution in [0.5, 0.6) is 0 Å². The molecule has 0 saturated heterocycles. The van der Waals surface area contributed by atoms with E-state index in [1.807, 2.05) is 0 Å². The van der Waals surface area contributed by atoms with E-state index >= 15 is 0 Å². The van der Waals surface area contributed by atoms with E-state index in [-0.39, 0.29) is 25.3 Å². The van der Waals surface area contributed by atoms with E-state index in [4.69, 9.17) is 33.1 Å². The van der Waals surface area contributed by atoms with Gasteiger partial charge in [-0.3, -0.25) is 52.9 Å². The fourth-order valence-electron chi connectivity index (χ4n) is 4.88. The van der Waals surface area contributed by atoms with E-state index in [1.54, 1.807) is 0 Å². The summed E-state index contributed by atoms with van der Waals surface area (Å²) in [6, 6.07) is -11.9. The molecule has 0 aromatic heterocycles. The van der Waals surface area contributed by atoms with Crippen LogP contribution in [0.4, 0.5) is 0 Å². The minimum atomic E-state index is -1.90. The Hall–Kier alpha value is -6.29. The van der Waals surface area contributed by atoms with Crippen LogP contribution in [0, 0.1) is 0 Å². The van der Waals surface area contributed by atoms with E-state index in [0.717, 1.165) is 6.92 Å². The van der Waals surface area contributed by atoms with E-state index in [9.17, 15) is 68.1 Å². The molecule has 7 amide bonds. The van der Waals surface area contributed by atoms with E-state index < -0.39 is 164 Å². The number of carboxylic acids is 4. The molecule has 0 unspecified atom stereocenters. The number of thiol groups is 1. The number of rotatable bonds is 30. The highest BCUT2D eigenvalue weighted by atomic mass is 32.1.